The van der Waals surface area contributed by atoms with E-state index in [2.05, 4.69) is 61.8 Å². The van der Waals surface area contributed by atoms with Crippen molar-refractivity contribution < 1.29 is 0 Å². The van der Waals surface area contributed by atoms with E-state index in [9.17, 15) is 0 Å². The standard InChI is InChI=1S/C18H33N3/c1-5-20(6-2)13-8-14-21(7-3)15-18(19)17-11-9-16(4)10-12-17/h9-12,18H,5-8,13-15,19H2,1-4H3. The Kier molecular flexibility index (Phi) is 8.58. The van der Waals surface area contributed by atoms with Gasteiger partial charge in [-0.1, -0.05) is 50.6 Å². The van der Waals surface area contributed by atoms with Crippen LogP contribution in [0.5, 0.6) is 0 Å². The molecule has 0 aliphatic rings. The SMILES string of the molecule is CCN(CC)CCCN(CC)CC(N)c1ccc(C)cc1. The highest BCUT2D eigenvalue weighted by Gasteiger charge is 2.11. The second-order valence-corrected chi connectivity index (χ2v) is 5.79. The van der Waals surface area contributed by atoms with E-state index in [1.54, 1.807) is 0 Å². The third-order valence-corrected chi connectivity index (χ3v) is 4.25. The van der Waals surface area contributed by atoms with E-state index in [1.807, 2.05) is 0 Å². The van der Waals surface area contributed by atoms with Crippen LogP contribution in [0.2, 0.25) is 0 Å². The van der Waals surface area contributed by atoms with Gasteiger partial charge < -0.3 is 15.5 Å². The third-order valence-electron chi connectivity index (χ3n) is 4.25. The lowest BCUT2D eigenvalue weighted by molar-refractivity contribution is 0.234. The van der Waals surface area contributed by atoms with Gasteiger partial charge in [-0.05, 0) is 51.6 Å². The summed E-state index contributed by atoms with van der Waals surface area (Å²) in [6, 6.07) is 8.71. The van der Waals surface area contributed by atoms with Crippen LogP contribution in [0.25, 0.3) is 0 Å². The van der Waals surface area contributed by atoms with Gasteiger partial charge in [-0.15, -0.1) is 0 Å². The zero-order valence-electron chi connectivity index (χ0n) is 14.3. The van der Waals surface area contributed by atoms with Crippen LogP contribution in [-0.4, -0.2) is 49.1 Å². The predicted octanol–water partition coefficient (Wildman–Crippen LogP) is 3.05. The summed E-state index contributed by atoms with van der Waals surface area (Å²) in [4.78, 5) is 4.95. The fourth-order valence-corrected chi connectivity index (χ4v) is 2.63. The van der Waals surface area contributed by atoms with Crippen molar-refractivity contribution in [1.29, 1.82) is 0 Å². The smallest absolute Gasteiger partial charge is 0.0424 e. The lowest BCUT2D eigenvalue weighted by atomic mass is 10.1. The molecule has 1 atom stereocenters. The molecule has 0 aromatic heterocycles. The van der Waals surface area contributed by atoms with Crippen molar-refractivity contribution in [3.8, 4) is 0 Å². The molecule has 3 nitrogen and oxygen atoms in total. The Balaban J connectivity index is 2.40. The fourth-order valence-electron chi connectivity index (χ4n) is 2.63. The summed E-state index contributed by atoms with van der Waals surface area (Å²) in [5, 5.41) is 0. The van der Waals surface area contributed by atoms with Gasteiger partial charge in [-0.2, -0.15) is 0 Å². The number of rotatable bonds is 10. The van der Waals surface area contributed by atoms with Crippen LogP contribution >= 0.6 is 0 Å². The van der Waals surface area contributed by atoms with E-state index < -0.39 is 0 Å². The lowest BCUT2D eigenvalue weighted by Gasteiger charge is -2.26. The highest BCUT2D eigenvalue weighted by molar-refractivity contribution is 5.24. The van der Waals surface area contributed by atoms with Crippen molar-refractivity contribution in [2.75, 3.05) is 39.3 Å². The molecule has 1 aromatic rings. The highest BCUT2D eigenvalue weighted by atomic mass is 15.1. The Hall–Kier alpha value is -0.900. The molecule has 3 heteroatoms. The van der Waals surface area contributed by atoms with Gasteiger partial charge in [-0.25, -0.2) is 0 Å². The summed E-state index contributed by atoms with van der Waals surface area (Å²) in [7, 11) is 0. The summed E-state index contributed by atoms with van der Waals surface area (Å²) < 4.78 is 0. The molecule has 0 aliphatic heterocycles. The Morgan fingerprint density at radius 3 is 1.95 bits per heavy atom. The van der Waals surface area contributed by atoms with Crippen LogP contribution in [0.3, 0.4) is 0 Å². The topological polar surface area (TPSA) is 32.5 Å². The van der Waals surface area contributed by atoms with Crippen molar-refractivity contribution in [3.05, 3.63) is 35.4 Å². The zero-order chi connectivity index (χ0) is 15.7. The molecular weight excluding hydrogens is 258 g/mol. The molecule has 0 fully saturated rings. The molecule has 1 aromatic carbocycles. The van der Waals surface area contributed by atoms with Crippen molar-refractivity contribution in [3.63, 3.8) is 0 Å². The molecule has 1 unspecified atom stereocenters. The van der Waals surface area contributed by atoms with Crippen LogP contribution in [0.4, 0.5) is 0 Å². The number of hydrogen-bond donors (Lipinski definition) is 1. The predicted molar refractivity (Wildman–Crippen MR) is 92.6 cm³/mol. The Morgan fingerprint density at radius 1 is 0.905 bits per heavy atom. The highest BCUT2D eigenvalue weighted by Crippen LogP contribution is 2.13. The van der Waals surface area contributed by atoms with Crippen LogP contribution in [0.15, 0.2) is 24.3 Å². The van der Waals surface area contributed by atoms with Gasteiger partial charge >= 0.3 is 0 Å². The molecule has 0 heterocycles. The second kappa shape index (κ2) is 9.93. The Labute approximate surface area is 131 Å². The Morgan fingerprint density at radius 2 is 1.43 bits per heavy atom. The van der Waals surface area contributed by atoms with Crippen molar-refractivity contribution in [2.45, 2.75) is 40.2 Å². The summed E-state index contributed by atoms with van der Waals surface area (Å²) in [6.07, 6.45) is 1.22. The molecule has 21 heavy (non-hydrogen) atoms. The molecule has 0 bridgehead atoms. The molecule has 0 saturated heterocycles. The minimum absolute atomic E-state index is 0.110. The molecule has 0 spiro atoms. The summed E-state index contributed by atoms with van der Waals surface area (Å²) in [5.74, 6) is 0. The molecule has 2 N–H and O–H groups in total. The molecule has 0 amide bonds. The van der Waals surface area contributed by atoms with Gasteiger partial charge in [0.15, 0.2) is 0 Å². The van der Waals surface area contributed by atoms with Gasteiger partial charge in [0.25, 0.3) is 0 Å². The third kappa shape index (κ3) is 6.60. The normalized spacial score (nSPS) is 13.1. The first-order chi connectivity index (χ1) is 10.1. The first-order valence-electron chi connectivity index (χ1n) is 8.37. The van der Waals surface area contributed by atoms with Crippen molar-refractivity contribution >= 4 is 0 Å². The van der Waals surface area contributed by atoms with Crippen LogP contribution < -0.4 is 5.73 Å². The summed E-state index contributed by atoms with van der Waals surface area (Å²) in [5.41, 5.74) is 8.88. The van der Waals surface area contributed by atoms with E-state index in [1.165, 1.54) is 24.1 Å². The number of hydrogen-bond acceptors (Lipinski definition) is 3. The lowest BCUT2D eigenvalue weighted by Crippen LogP contribution is -2.34. The number of likely N-dealkylation sites (N-methyl/N-ethyl adjacent to an activating group) is 1. The van der Waals surface area contributed by atoms with Crippen LogP contribution in [-0.2, 0) is 0 Å². The molecule has 0 radical (unpaired) electrons. The van der Waals surface area contributed by atoms with Gasteiger partial charge in [0.1, 0.15) is 0 Å². The largest absolute Gasteiger partial charge is 0.323 e. The maximum atomic E-state index is 6.35. The van der Waals surface area contributed by atoms with Crippen molar-refractivity contribution in [2.24, 2.45) is 5.73 Å². The fraction of sp³-hybridized carbons (Fsp3) is 0.667. The summed E-state index contributed by atoms with van der Waals surface area (Å²) in [6.45, 7) is 15.4. The number of nitrogens with zero attached hydrogens (tertiary/aromatic N) is 2. The van der Waals surface area contributed by atoms with E-state index in [0.29, 0.717) is 0 Å². The number of aryl methyl sites for hydroxylation is 1. The second-order valence-electron chi connectivity index (χ2n) is 5.79. The van der Waals surface area contributed by atoms with E-state index >= 15 is 0 Å². The first kappa shape index (κ1) is 18.1. The van der Waals surface area contributed by atoms with Gasteiger partial charge in [0, 0.05) is 12.6 Å². The number of benzene rings is 1. The maximum absolute atomic E-state index is 6.35. The molecular formula is C18H33N3. The molecule has 1 rings (SSSR count). The minimum Gasteiger partial charge on any atom is -0.323 e. The van der Waals surface area contributed by atoms with E-state index in [-0.39, 0.29) is 6.04 Å². The van der Waals surface area contributed by atoms with Crippen LogP contribution in [0.1, 0.15) is 44.4 Å². The molecule has 120 valence electrons. The molecule has 0 saturated carbocycles. The van der Waals surface area contributed by atoms with Gasteiger partial charge in [-0.3, -0.25) is 0 Å². The van der Waals surface area contributed by atoms with Gasteiger partial charge in [0.2, 0.25) is 0 Å². The minimum atomic E-state index is 0.110. The first-order valence-corrected chi connectivity index (χ1v) is 8.37. The van der Waals surface area contributed by atoms with Crippen LogP contribution in [0, 0.1) is 6.92 Å². The average molecular weight is 291 g/mol. The number of nitrogens with two attached hydrogens (primary N) is 1. The molecule has 0 aliphatic carbocycles. The average Bonchev–Trinajstić information content (AvgIpc) is 2.50. The van der Waals surface area contributed by atoms with E-state index in [4.69, 9.17) is 5.73 Å². The van der Waals surface area contributed by atoms with E-state index in [0.717, 1.165) is 32.7 Å². The summed E-state index contributed by atoms with van der Waals surface area (Å²) >= 11 is 0. The maximum Gasteiger partial charge on any atom is 0.0424 e. The van der Waals surface area contributed by atoms with Gasteiger partial charge in [0.05, 0.1) is 0 Å². The zero-order valence-corrected chi connectivity index (χ0v) is 14.3. The Bertz CT molecular complexity index is 371. The quantitative estimate of drug-likeness (QED) is 0.719. The van der Waals surface area contributed by atoms with Crippen molar-refractivity contribution in [1.82, 2.24) is 9.80 Å². The monoisotopic (exact) mass is 291 g/mol.